The highest BCUT2D eigenvalue weighted by molar-refractivity contribution is 7.99. The normalized spacial score (nSPS) is 23.8. The van der Waals surface area contributed by atoms with E-state index in [2.05, 4.69) is 23.7 Å². The summed E-state index contributed by atoms with van der Waals surface area (Å²) in [6.45, 7) is 0.915. The molecule has 1 aliphatic rings. The minimum Gasteiger partial charge on any atom is -0.464 e. The number of rotatable bonds is 4. The van der Waals surface area contributed by atoms with Gasteiger partial charge >= 0.3 is 0 Å². The molecule has 2 atom stereocenters. The van der Waals surface area contributed by atoms with Crippen LogP contribution in [0.4, 0.5) is 0 Å². The van der Waals surface area contributed by atoms with Gasteiger partial charge in [-0.2, -0.15) is 11.8 Å². The molecule has 1 heterocycles. The van der Waals surface area contributed by atoms with Gasteiger partial charge in [0, 0.05) is 28.8 Å². The molecule has 0 saturated heterocycles. The van der Waals surface area contributed by atoms with Gasteiger partial charge in [-0.25, -0.2) is 0 Å². The summed E-state index contributed by atoms with van der Waals surface area (Å²) in [4.78, 5) is 0. The number of furan rings is 1. The number of fused-ring (bicyclic) bond motifs is 1. The molecular weight excluding hydrogens is 242 g/mol. The van der Waals surface area contributed by atoms with Crippen LogP contribution in [-0.4, -0.2) is 17.5 Å². The molecule has 0 spiro atoms. The lowest BCUT2D eigenvalue weighted by molar-refractivity contribution is 0.527. The number of hydrogen-bond acceptors (Lipinski definition) is 3. The fraction of sp³-hybridized carbons (Fsp3) is 0.467. The second kappa shape index (κ2) is 5.37. The molecule has 2 nitrogen and oxygen atoms in total. The molecule has 1 aromatic heterocycles. The summed E-state index contributed by atoms with van der Waals surface area (Å²) in [6, 6.07) is 8.91. The monoisotopic (exact) mass is 261 g/mol. The molecule has 1 aromatic carbocycles. The molecule has 1 fully saturated rings. The van der Waals surface area contributed by atoms with Crippen molar-refractivity contribution in [3.63, 3.8) is 0 Å². The topological polar surface area (TPSA) is 25.2 Å². The van der Waals surface area contributed by atoms with Crippen molar-refractivity contribution in [3.8, 4) is 0 Å². The molecule has 2 unspecified atom stereocenters. The average Bonchev–Trinajstić information content (AvgIpc) is 3.02. The Morgan fingerprint density at radius 3 is 3.11 bits per heavy atom. The van der Waals surface area contributed by atoms with Gasteiger partial charge in [0.15, 0.2) is 0 Å². The summed E-state index contributed by atoms with van der Waals surface area (Å²) in [7, 11) is 0. The maximum Gasteiger partial charge on any atom is 0.134 e. The van der Waals surface area contributed by atoms with E-state index in [4.69, 9.17) is 4.42 Å². The van der Waals surface area contributed by atoms with E-state index in [9.17, 15) is 0 Å². The Hall–Kier alpha value is -0.930. The fourth-order valence-corrected chi connectivity index (χ4v) is 3.82. The van der Waals surface area contributed by atoms with Crippen LogP contribution < -0.4 is 5.32 Å². The van der Waals surface area contributed by atoms with E-state index in [1.165, 1.54) is 30.2 Å². The van der Waals surface area contributed by atoms with Crippen molar-refractivity contribution in [2.75, 3.05) is 6.26 Å². The van der Waals surface area contributed by atoms with Crippen LogP contribution in [0.5, 0.6) is 0 Å². The lowest BCUT2D eigenvalue weighted by atomic mass is 10.1. The molecule has 18 heavy (non-hydrogen) atoms. The molecule has 1 saturated carbocycles. The fourth-order valence-electron chi connectivity index (χ4n) is 2.85. The van der Waals surface area contributed by atoms with Crippen LogP contribution in [0.15, 0.2) is 34.9 Å². The Balaban J connectivity index is 1.69. The number of para-hydroxylation sites is 1. The van der Waals surface area contributed by atoms with Gasteiger partial charge in [-0.3, -0.25) is 0 Å². The van der Waals surface area contributed by atoms with Crippen molar-refractivity contribution < 1.29 is 4.42 Å². The predicted octanol–water partition coefficient (Wildman–Crippen LogP) is 3.81. The smallest absolute Gasteiger partial charge is 0.134 e. The Labute approximate surface area is 112 Å². The van der Waals surface area contributed by atoms with Crippen LogP contribution in [0.3, 0.4) is 0 Å². The van der Waals surface area contributed by atoms with Gasteiger partial charge in [0.1, 0.15) is 5.58 Å². The second-order valence-corrected chi connectivity index (χ2v) is 6.03. The molecular formula is C15H19NOS. The SMILES string of the molecule is CSC1CCCC1NCc1coc2ccccc12. The highest BCUT2D eigenvalue weighted by Gasteiger charge is 2.25. The van der Waals surface area contributed by atoms with Crippen LogP contribution in [0.1, 0.15) is 24.8 Å². The standard InChI is InChI=1S/C15H19NOS/c1-18-15-8-4-6-13(15)16-9-11-10-17-14-7-3-2-5-12(11)14/h2-3,5,7,10,13,15-16H,4,6,8-9H2,1H3. The first-order chi connectivity index (χ1) is 8.88. The van der Waals surface area contributed by atoms with E-state index in [1.54, 1.807) is 0 Å². The Morgan fingerprint density at radius 2 is 2.22 bits per heavy atom. The molecule has 3 rings (SSSR count). The van der Waals surface area contributed by atoms with E-state index in [0.717, 1.165) is 17.4 Å². The molecule has 96 valence electrons. The zero-order valence-corrected chi connectivity index (χ0v) is 11.5. The Bertz CT molecular complexity index is 522. The molecule has 1 N–H and O–H groups in total. The zero-order chi connectivity index (χ0) is 12.4. The Kier molecular flexibility index (Phi) is 3.62. The van der Waals surface area contributed by atoms with E-state index in [1.807, 2.05) is 30.2 Å². The zero-order valence-electron chi connectivity index (χ0n) is 10.7. The van der Waals surface area contributed by atoms with Gasteiger partial charge in [0.2, 0.25) is 0 Å². The first kappa shape index (κ1) is 12.1. The second-order valence-electron chi connectivity index (χ2n) is 4.95. The van der Waals surface area contributed by atoms with Crippen molar-refractivity contribution in [2.45, 2.75) is 37.1 Å². The summed E-state index contributed by atoms with van der Waals surface area (Å²) >= 11 is 2.00. The molecule has 0 aliphatic heterocycles. The number of thioether (sulfide) groups is 1. The summed E-state index contributed by atoms with van der Waals surface area (Å²) in [5.41, 5.74) is 2.26. The van der Waals surface area contributed by atoms with Gasteiger partial charge < -0.3 is 9.73 Å². The summed E-state index contributed by atoms with van der Waals surface area (Å²) in [5, 5.41) is 5.72. The lowest BCUT2D eigenvalue weighted by Crippen LogP contribution is -2.33. The van der Waals surface area contributed by atoms with Crippen molar-refractivity contribution >= 4 is 22.7 Å². The van der Waals surface area contributed by atoms with E-state index < -0.39 is 0 Å². The third-order valence-corrected chi connectivity index (χ3v) is 5.04. The van der Waals surface area contributed by atoms with Crippen LogP contribution >= 0.6 is 11.8 Å². The van der Waals surface area contributed by atoms with Crippen LogP contribution in [0.25, 0.3) is 11.0 Å². The number of hydrogen-bond donors (Lipinski definition) is 1. The molecule has 0 amide bonds. The van der Waals surface area contributed by atoms with Crippen LogP contribution in [-0.2, 0) is 6.54 Å². The van der Waals surface area contributed by atoms with Crippen molar-refractivity contribution in [3.05, 3.63) is 36.1 Å². The molecule has 0 radical (unpaired) electrons. The molecule has 0 bridgehead atoms. The number of nitrogens with one attached hydrogen (secondary N) is 1. The Morgan fingerprint density at radius 1 is 1.33 bits per heavy atom. The summed E-state index contributed by atoms with van der Waals surface area (Å²) in [5.74, 6) is 0. The summed E-state index contributed by atoms with van der Waals surface area (Å²) < 4.78 is 5.57. The molecule has 1 aliphatic carbocycles. The lowest BCUT2D eigenvalue weighted by Gasteiger charge is -2.18. The third kappa shape index (κ3) is 2.29. The van der Waals surface area contributed by atoms with Gasteiger partial charge in [-0.1, -0.05) is 24.6 Å². The highest BCUT2D eigenvalue weighted by Crippen LogP contribution is 2.29. The van der Waals surface area contributed by atoms with Crippen molar-refractivity contribution in [2.24, 2.45) is 0 Å². The third-order valence-electron chi connectivity index (χ3n) is 3.87. The van der Waals surface area contributed by atoms with E-state index in [-0.39, 0.29) is 0 Å². The maximum absolute atomic E-state index is 5.57. The first-order valence-electron chi connectivity index (χ1n) is 6.60. The average molecular weight is 261 g/mol. The van der Waals surface area contributed by atoms with Crippen molar-refractivity contribution in [1.29, 1.82) is 0 Å². The highest BCUT2D eigenvalue weighted by atomic mass is 32.2. The predicted molar refractivity (Wildman–Crippen MR) is 78.0 cm³/mol. The van der Waals surface area contributed by atoms with Gasteiger partial charge in [-0.15, -0.1) is 0 Å². The number of benzene rings is 1. The molecule has 3 heteroatoms. The summed E-state index contributed by atoms with van der Waals surface area (Å²) in [6.07, 6.45) is 8.13. The minimum absolute atomic E-state index is 0.661. The van der Waals surface area contributed by atoms with Gasteiger partial charge in [-0.05, 0) is 25.2 Å². The minimum atomic E-state index is 0.661. The van der Waals surface area contributed by atoms with E-state index in [0.29, 0.717) is 6.04 Å². The first-order valence-corrected chi connectivity index (χ1v) is 7.88. The quantitative estimate of drug-likeness (QED) is 0.906. The molecule has 2 aromatic rings. The maximum atomic E-state index is 5.57. The van der Waals surface area contributed by atoms with Crippen LogP contribution in [0.2, 0.25) is 0 Å². The van der Waals surface area contributed by atoms with E-state index >= 15 is 0 Å². The van der Waals surface area contributed by atoms with Gasteiger partial charge in [0.25, 0.3) is 0 Å². The van der Waals surface area contributed by atoms with Crippen molar-refractivity contribution in [1.82, 2.24) is 5.32 Å². The van der Waals surface area contributed by atoms with Crippen LogP contribution in [0, 0.1) is 0 Å². The largest absolute Gasteiger partial charge is 0.464 e. The van der Waals surface area contributed by atoms with Gasteiger partial charge in [0.05, 0.1) is 6.26 Å².